The number of phenols is 1. The average molecular weight is 768 g/mol. The number of hydrogen-bond acceptors (Lipinski definition) is 7. The second-order valence-corrected chi connectivity index (χ2v) is 15.1. The molecule has 1 atom stereocenters. The molecule has 11 nitrogen and oxygen atoms in total. The first kappa shape index (κ1) is 38.0. The van der Waals surface area contributed by atoms with E-state index in [0.717, 1.165) is 59.7 Å². The maximum atomic E-state index is 15.4. The lowest BCUT2D eigenvalue weighted by molar-refractivity contribution is 0.0193. The van der Waals surface area contributed by atoms with Crippen LogP contribution in [0.4, 0.5) is 10.5 Å². The molecule has 3 aliphatic rings. The summed E-state index contributed by atoms with van der Waals surface area (Å²) in [7, 11) is 1.72. The summed E-state index contributed by atoms with van der Waals surface area (Å²) in [5.41, 5.74) is 8.42. The molecule has 57 heavy (non-hydrogen) atoms. The number of carbonyl (C=O) groups excluding carboxylic acids is 3. The van der Waals surface area contributed by atoms with E-state index in [2.05, 4.69) is 33.7 Å². The molecule has 0 unspecified atom stereocenters. The molecular weight excluding hydrogens is 719 g/mol. The molecule has 11 heteroatoms. The number of ether oxygens (including phenoxy) is 2. The number of carbonyl (C=O) groups is 3. The maximum Gasteiger partial charge on any atom is 0.415 e. The molecule has 8 rings (SSSR count). The van der Waals surface area contributed by atoms with Crippen molar-refractivity contribution in [1.29, 1.82) is 0 Å². The number of aromatic nitrogens is 1. The lowest BCUT2D eigenvalue weighted by Gasteiger charge is -2.41. The van der Waals surface area contributed by atoms with E-state index in [0.29, 0.717) is 68.4 Å². The molecule has 4 aromatic carbocycles. The van der Waals surface area contributed by atoms with E-state index < -0.39 is 6.09 Å². The van der Waals surface area contributed by atoms with Crippen LogP contribution in [0, 0.1) is 6.92 Å². The molecule has 0 aliphatic carbocycles. The Morgan fingerprint density at radius 3 is 2.28 bits per heavy atom. The summed E-state index contributed by atoms with van der Waals surface area (Å²) in [5, 5.41) is 9.86. The van der Waals surface area contributed by atoms with E-state index in [9.17, 15) is 14.7 Å². The van der Waals surface area contributed by atoms with Gasteiger partial charge in [0.05, 0.1) is 18.8 Å². The van der Waals surface area contributed by atoms with Gasteiger partial charge in [-0.1, -0.05) is 42.5 Å². The fourth-order valence-corrected chi connectivity index (χ4v) is 8.50. The normalized spacial score (nSPS) is 16.8. The van der Waals surface area contributed by atoms with Gasteiger partial charge in [-0.3, -0.25) is 14.5 Å². The molecule has 1 N–H and O–H groups in total. The van der Waals surface area contributed by atoms with Crippen LogP contribution in [0.25, 0.3) is 11.3 Å². The number of anilines is 1. The molecule has 0 bridgehead atoms. The molecule has 3 aliphatic heterocycles. The van der Waals surface area contributed by atoms with Crippen molar-refractivity contribution >= 4 is 23.6 Å². The Balaban J connectivity index is 1.20. The number of nitrogens with zero attached hydrogens (tertiary/aromatic N) is 5. The number of morpholine rings is 1. The Kier molecular flexibility index (Phi) is 10.9. The van der Waals surface area contributed by atoms with E-state index in [1.165, 1.54) is 5.56 Å². The van der Waals surface area contributed by atoms with Crippen LogP contribution in [0.5, 0.6) is 11.5 Å². The van der Waals surface area contributed by atoms with Gasteiger partial charge in [0.1, 0.15) is 11.5 Å². The second-order valence-electron chi connectivity index (χ2n) is 15.1. The Hall–Kier alpha value is -5.91. The minimum Gasteiger partial charge on any atom is -0.508 e. The highest BCUT2D eigenvalue weighted by molar-refractivity contribution is 6.08. The number of rotatable bonds is 8. The number of amides is 3. The minimum absolute atomic E-state index is 0.0671. The van der Waals surface area contributed by atoms with Crippen LogP contribution < -0.4 is 9.64 Å². The number of hydrogen-bond donors (Lipinski definition) is 1. The molecule has 5 aromatic rings. The van der Waals surface area contributed by atoms with Gasteiger partial charge in [0.15, 0.2) is 0 Å². The van der Waals surface area contributed by atoms with E-state index in [4.69, 9.17) is 9.47 Å². The van der Waals surface area contributed by atoms with Crippen LogP contribution in [0.2, 0.25) is 0 Å². The fourth-order valence-electron chi connectivity index (χ4n) is 8.50. The summed E-state index contributed by atoms with van der Waals surface area (Å²) in [6, 6.07) is 29.9. The fraction of sp³-hybridized carbons (Fsp3) is 0.326. The van der Waals surface area contributed by atoms with Crippen molar-refractivity contribution in [1.82, 2.24) is 19.3 Å². The highest BCUT2D eigenvalue weighted by Crippen LogP contribution is 2.36. The third-order valence-corrected chi connectivity index (χ3v) is 11.7. The van der Waals surface area contributed by atoms with Crippen LogP contribution in [0.3, 0.4) is 0 Å². The van der Waals surface area contributed by atoms with Gasteiger partial charge < -0.3 is 33.8 Å². The number of aromatic hydroxyl groups is 1. The van der Waals surface area contributed by atoms with Gasteiger partial charge >= 0.3 is 6.09 Å². The second kappa shape index (κ2) is 16.3. The van der Waals surface area contributed by atoms with Gasteiger partial charge in [0, 0.05) is 87.1 Å². The first-order valence-electron chi connectivity index (χ1n) is 19.8. The topological polar surface area (TPSA) is 108 Å². The summed E-state index contributed by atoms with van der Waals surface area (Å²) < 4.78 is 13.5. The Labute approximate surface area is 333 Å². The number of para-hydroxylation sites is 1. The van der Waals surface area contributed by atoms with Crippen molar-refractivity contribution in [3.63, 3.8) is 0 Å². The van der Waals surface area contributed by atoms with Crippen LogP contribution in [-0.2, 0) is 37.2 Å². The van der Waals surface area contributed by atoms with Crippen molar-refractivity contribution in [3.8, 4) is 22.8 Å². The standard InChI is InChI=1S/C46H49N5O6/c1-4-50-31(2)40(44(53)47(3)36-14-16-38(52)17-15-36)27-43(50)41-25-33-18-19-49(46(55)57-39-12-6-5-7-13-39)28-35(33)26-42(41)45(54)51-29-34-11-9-8-10-32(34)24-37(51)30-48-20-22-56-23-21-48/h5-17,25-27,37,52H,4,18-24,28-30H2,1-3H3/t37-/m0/s1. The smallest absolute Gasteiger partial charge is 0.415 e. The van der Waals surface area contributed by atoms with Gasteiger partial charge in [0.25, 0.3) is 11.8 Å². The van der Waals surface area contributed by atoms with Gasteiger partial charge in [-0.25, -0.2) is 4.79 Å². The van der Waals surface area contributed by atoms with E-state index >= 15 is 4.79 Å². The molecule has 4 heterocycles. The van der Waals surface area contributed by atoms with Crippen molar-refractivity contribution in [2.45, 2.75) is 52.4 Å². The summed E-state index contributed by atoms with van der Waals surface area (Å²) in [5.74, 6) is 0.331. The zero-order chi connectivity index (χ0) is 39.6. The van der Waals surface area contributed by atoms with E-state index in [-0.39, 0.29) is 23.6 Å². The zero-order valence-corrected chi connectivity index (χ0v) is 32.8. The lowest BCUT2D eigenvalue weighted by atomic mass is 9.89. The third kappa shape index (κ3) is 7.77. The van der Waals surface area contributed by atoms with Gasteiger partial charge in [-0.05, 0) is 104 Å². The SMILES string of the molecule is CCn1c(-c2cc3c(cc2C(=O)N2Cc4ccccc4C[C@H]2CN2CCOCC2)CN(C(=O)Oc2ccccc2)CC3)cc(C(=O)N(C)c2ccc(O)cc2)c1C. The summed E-state index contributed by atoms with van der Waals surface area (Å²) >= 11 is 0. The molecule has 0 radical (unpaired) electrons. The highest BCUT2D eigenvalue weighted by atomic mass is 16.6. The largest absolute Gasteiger partial charge is 0.508 e. The number of benzene rings is 4. The maximum absolute atomic E-state index is 15.4. The van der Waals surface area contributed by atoms with Crippen molar-refractivity contribution in [2.75, 3.05) is 51.3 Å². The first-order valence-corrected chi connectivity index (χ1v) is 19.8. The van der Waals surface area contributed by atoms with Crippen LogP contribution in [0.15, 0.2) is 97.1 Å². The molecule has 1 fully saturated rings. The van der Waals surface area contributed by atoms with Crippen LogP contribution in [0.1, 0.15) is 55.6 Å². The van der Waals surface area contributed by atoms with Gasteiger partial charge in [0.2, 0.25) is 0 Å². The van der Waals surface area contributed by atoms with E-state index in [1.807, 2.05) is 55.1 Å². The highest BCUT2D eigenvalue weighted by Gasteiger charge is 2.35. The zero-order valence-electron chi connectivity index (χ0n) is 32.8. The molecule has 294 valence electrons. The molecule has 0 spiro atoms. The van der Waals surface area contributed by atoms with E-state index in [1.54, 1.807) is 53.2 Å². The third-order valence-electron chi connectivity index (χ3n) is 11.7. The quantitative estimate of drug-likeness (QED) is 0.183. The minimum atomic E-state index is -0.432. The summed E-state index contributed by atoms with van der Waals surface area (Å²) in [6.45, 7) is 9.53. The number of fused-ring (bicyclic) bond motifs is 2. The van der Waals surface area contributed by atoms with Crippen LogP contribution in [-0.4, -0.2) is 94.8 Å². The summed E-state index contributed by atoms with van der Waals surface area (Å²) in [6.07, 6.45) is 0.891. The molecule has 3 amide bonds. The van der Waals surface area contributed by atoms with Gasteiger partial charge in [-0.2, -0.15) is 0 Å². The molecular formula is C46H49N5O6. The van der Waals surface area contributed by atoms with Crippen molar-refractivity contribution < 1.29 is 29.0 Å². The predicted octanol–water partition coefficient (Wildman–Crippen LogP) is 6.92. The van der Waals surface area contributed by atoms with Crippen LogP contribution >= 0.6 is 0 Å². The van der Waals surface area contributed by atoms with Crippen molar-refractivity contribution in [2.24, 2.45) is 0 Å². The summed E-state index contributed by atoms with van der Waals surface area (Å²) in [4.78, 5) is 50.7. The molecule has 1 saturated heterocycles. The Bertz CT molecular complexity index is 2280. The number of phenolic OH excluding ortho intramolecular Hbond substituents is 1. The average Bonchev–Trinajstić information content (AvgIpc) is 3.58. The van der Waals surface area contributed by atoms with Crippen molar-refractivity contribution in [3.05, 3.63) is 136 Å². The molecule has 1 aromatic heterocycles. The Morgan fingerprint density at radius 1 is 0.825 bits per heavy atom. The predicted molar refractivity (Wildman–Crippen MR) is 219 cm³/mol. The lowest BCUT2D eigenvalue weighted by Crippen LogP contribution is -2.52. The Morgan fingerprint density at radius 2 is 1.54 bits per heavy atom. The van der Waals surface area contributed by atoms with Gasteiger partial charge in [-0.15, -0.1) is 0 Å². The first-order chi connectivity index (χ1) is 27.7. The molecule has 0 saturated carbocycles. The monoisotopic (exact) mass is 767 g/mol.